The highest BCUT2D eigenvalue weighted by molar-refractivity contribution is 7.89. The second-order valence-corrected chi connectivity index (χ2v) is 9.21. The van der Waals surface area contributed by atoms with Crippen molar-refractivity contribution in [3.8, 4) is 0 Å². The maximum absolute atomic E-state index is 14.1. The summed E-state index contributed by atoms with van der Waals surface area (Å²) in [5.74, 6) is -1.87. The van der Waals surface area contributed by atoms with Crippen LogP contribution < -0.4 is 10.0 Å². The minimum absolute atomic E-state index is 0.0915. The molecule has 0 radical (unpaired) electrons. The van der Waals surface area contributed by atoms with Crippen LogP contribution in [-0.2, 0) is 32.4 Å². The van der Waals surface area contributed by atoms with Crippen molar-refractivity contribution in [1.29, 1.82) is 0 Å². The van der Waals surface area contributed by atoms with Crippen molar-refractivity contribution in [2.75, 3.05) is 13.7 Å². The molecular weight excluding hydrogens is 459 g/mol. The summed E-state index contributed by atoms with van der Waals surface area (Å²) in [5, 5.41) is 2.74. The SMILES string of the molecule is COC(=O)c1ccc(CCNC(=O)[C@H](Cc2ccccc2)NS(=O)(=O)c2ccccc2F)cc1. The van der Waals surface area contributed by atoms with Gasteiger partial charge in [-0.2, -0.15) is 4.72 Å². The molecule has 3 aromatic rings. The normalized spacial score (nSPS) is 12.1. The Kier molecular flexibility index (Phi) is 8.50. The molecule has 2 N–H and O–H groups in total. The van der Waals surface area contributed by atoms with Crippen LogP contribution in [0.15, 0.2) is 83.8 Å². The number of sulfonamides is 1. The van der Waals surface area contributed by atoms with E-state index < -0.39 is 38.7 Å². The van der Waals surface area contributed by atoms with Crippen molar-refractivity contribution in [3.63, 3.8) is 0 Å². The highest BCUT2D eigenvalue weighted by atomic mass is 32.2. The van der Waals surface area contributed by atoms with Gasteiger partial charge in [0.2, 0.25) is 15.9 Å². The Morgan fingerprint density at radius 1 is 0.912 bits per heavy atom. The molecule has 7 nitrogen and oxygen atoms in total. The summed E-state index contributed by atoms with van der Waals surface area (Å²) in [6.45, 7) is 0.239. The molecule has 0 heterocycles. The summed E-state index contributed by atoms with van der Waals surface area (Å²) in [5.41, 5.74) is 2.04. The van der Waals surface area contributed by atoms with Crippen LogP contribution >= 0.6 is 0 Å². The summed E-state index contributed by atoms with van der Waals surface area (Å²) in [7, 11) is -2.97. The third kappa shape index (κ3) is 6.72. The molecule has 0 saturated carbocycles. The number of carbonyl (C=O) groups is 2. The average molecular weight is 485 g/mol. The molecule has 0 spiro atoms. The van der Waals surface area contributed by atoms with E-state index in [1.807, 2.05) is 6.07 Å². The maximum atomic E-state index is 14.1. The lowest BCUT2D eigenvalue weighted by Crippen LogP contribution is -2.48. The number of esters is 1. The van der Waals surface area contributed by atoms with E-state index in [4.69, 9.17) is 0 Å². The first-order valence-electron chi connectivity index (χ1n) is 10.6. The number of hydrogen-bond donors (Lipinski definition) is 2. The van der Waals surface area contributed by atoms with Crippen molar-refractivity contribution in [1.82, 2.24) is 10.0 Å². The largest absolute Gasteiger partial charge is 0.465 e. The molecule has 34 heavy (non-hydrogen) atoms. The van der Waals surface area contributed by atoms with Gasteiger partial charge < -0.3 is 10.1 Å². The van der Waals surface area contributed by atoms with Gasteiger partial charge in [-0.1, -0.05) is 54.6 Å². The van der Waals surface area contributed by atoms with Crippen molar-refractivity contribution in [2.24, 2.45) is 0 Å². The molecule has 0 saturated heterocycles. The molecule has 3 rings (SSSR count). The Bertz CT molecular complexity index is 1230. The highest BCUT2D eigenvalue weighted by Crippen LogP contribution is 2.15. The van der Waals surface area contributed by atoms with E-state index in [1.54, 1.807) is 48.5 Å². The monoisotopic (exact) mass is 484 g/mol. The second-order valence-electron chi connectivity index (χ2n) is 7.52. The number of hydrogen-bond acceptors (Lipinski definition) is 5. The van der Waals surface area contributed by atoms with Gasteiger partial charge in [-0.15, -0.1) is 0 Å². The first-order chi connectivity index (χ1) is 16.3. The van der Waals surface area contributed by atoms with Gasteiger partial charge in [0, 0.05) is 6.54 Å². The number of amides is 1. The highest BCUT2D eigenvalue weighted by Gasteiger charge is 2.27. The number of benzene rings is 3. The van der Waals surface area contributed by atoms with Crippen LogP contribution in [0, 0.1) is 5.82 Å². The molecular formula is C25H25FN2O5S. The Hall–Kier alpha value is -3.56. The van der Waals surface area contributed by atoms with Crippen molar-refractivity contribution in [2.45, 2.75) is 23.8 Å². The first kappa shape index (κ1) is 25.1. The van der Waals surface area contributed by atoms with E-state index in [0.29, 0.717) is 12.0 Å². The van der Waals surface area contributed by atoms with Gasteiger partial charge >= 0.3 is 5.97 Å². The van der Waals surface area contributed by atoms with E-state index >= 15 is 0 Å². The standard InChI is InChI=1S/C25H25FN2O5S/c1-33-25(30)20-13-11-18(12-14-20)15-16-27-24(29)22(17-19-7-3-2-4-8-19)28-34(31,32)23-10-6-5-9-21(23)26/h2-14,22,28H,15-17H2,1H3,(H,27,29)/t22-/m0/s1. The fourth-order valence-electron chi connectivity index (χ4n) is 3.33. The molecule has 1 atom stereocenters. The molecule has 0 aromatic heterocycles. The molecule has 9 heteroatoms. The van der Waals surface area contributed by atoms with Gasteiger partial charge in [0.25, 0.3) is 0 Å². The summed E-state index contributed by atoms with van der Waals surface area (Å²) in [6, 6.07) is 19.5. The molecule has 0 aliphatic heterocycles. The van der Waals surface area contributed by atoms with E-state index in [0.717, 1.165) is 23.3 Å². The lowest BCUT2D eigenvalue weighted by atomic mass is 10.1. The third-order valence-electron chi connectivity index (χ3n) is 5.11. The first-order valence-corrected chi connectivity index (χ1v) is 12.0. The van der Waals surface area contributed by atoms with Crippen molar-refractivity contribution in [3.05, 3.63) is 101 Å². The van der Waals surface area contributed by atoms with Crippen LogP contribution in [0.5, 0.6) is 0 Å². The number of halogens is 1. The van der Waals surface area contributed by atoms with Gasteiger partial charge in [0.1, 0.15) is 16.8 Å². The predicted octanol–water partition coefficient (Wildman–Crippen LogP) is 2.86. The molecule has 0 aliphatic rings. The number of nitrogens with one attached hydrogen (secondary N) is 2. The zero-order valence-electron chi connectivity index (χ0n) is 18.5. The number of ether oxygens (including phenoxy) is 1. The van der Waals surface area contributed by atoms with Gasteiger partial charge in [-0.3, -0.25) is 4.79 Å². The van der Waals surface area contributed by atoms with Crippen LogP contribution in [0.2, 0.25) is 0 Å². The van der Waals surface area contributed by atoms with Gasteiger partial charge in [-0.05, 0) is 48.2 Å². The topological polar surface area (TPSA) is 102 Å². The second kappa shape index (κ2) is 11.5. The van der Waals surface area contributed by atoms with Gasteiger partial charge in [0.15, 0.2) is 0 Å². The molecule has 0 fully saturated rings. The van der Waals surface area contributed by atoms with Gasteiger partial charge in [-0.25, -0.2) is 17.6 Å². The maximum Gasteiger partial charge on any atom is 0.337 e. The lowest BCUT2D eigenvalue weighted by Gasteiger charge is -2.19. The third-order valence-corrected chi connectivity index (χ3v) is 6.62. The number of methoxy groups -OCH3 is 1. The van der Waals surface area contributed by atoms with E-state index in [1.165, 1.54) is 19.2 Å². The van der Waals surface area contributed by atoms with Crippen LogP contribution in [0.25, 0.3) is 0 Å². The molecule has 1 amide bonds. The van der Waals surface area contributed by atoms with Crippen LogP contribution in [0.1, 0.15) is 21.5 Å². The zero-order valence-corrected chi connectivity index (χ0v) is 19.3. The average Bonchev–Trinajstić information content (AvgIpc) is 2.84. The van der Waals surface area contributed by atoms with Crippen molar-refractivity contribution >= 4 is 21.9 Å². The fourth-order valence-corrected chi connectivity index (χ4v) is 4.60. The Morgan fingerprint density at radius 3 is 2.21 bits per heavy atom. The fraction of sp³-hybridized carbons (Fsp3) is 0.200. The van der Waals surface area contributed by atoms with Gasteiger partial charge in [0.05, 0.1) is 12.7 Å². The summed E-state index contributed by atoms with van der Waals surface area (Å²) in [6.07, 6.45) is 0.555. The molecule has 0 unspecified atom stereocenters. The van der Waals surface area contributed by atoms with Crippen molar-refractivity contribution < 1.29 is 27.1 Å². The lowest BCUT2D eigenvalue weighted by molar-refractivity contribution is -0.122. The zero-order chi connectivity index (χ0) is 24.6. The molecule has 178 valence electrons. The van der Waals surface area contributed by atoms with Crippen LogP contribution in [-0.4, -0.2) is 40.0 Å². The molecule has 3 aromatic carbocycles. The minimum Gasteiger partial charge on any atom is -0.465 e. The number of carbonyl (C=O) groups excluding carboxylic acids is 2. The quantitative estimate of drug-likeness (QED) is 0.431. The predicted molar refractivity (Wildman–Crippen MR) is 125 cm³/mol. The number of rotatable bonds is 10. The Balaban J connectivity index is 1.69. The summed E-state index contributed by atoms with van der Waals surface area (Å²) in [4.78, 5) is 23.9. The van der Waals surface area contributed by atoms with Crippen LogP contribution in [0.3, 0.4) is 0 Å². The smallest absolute Gasteiger partial charge is 0.337 e. The molecule has 0 bridgehead atoms. The van der Waals surface area contributed by atoms with Crippen LogP contribution in [0.4, 0.5) is 4.39 Å². The van der Waals surface area contributed by atoms with E-state index in [2.05, 4.69) is 14.8 Å². The Labute approximate surface area is 198 Å². The summed E-state index contributed by atoms with van der Waals surface area (Å²) < 4.78 is 46.7. The van der Waals surface area contributed by atoms with E-state index in [-0.39, 0.29) is 13.0 Å². The minimum atomic E-state index is -4.28. The molecule has 0 aliphatic carbocycles. The Morgan fingerprint density at radius 2 is 1.56 bits per heavy atom. The van der Waals surface area contributed by atoms with E-state index in [9.17, 15) is 22.4 Å². The summed E-state index contributed by atoms with van der Waals surface area (Å²) >= 11 is 0.